The topological polar surface area (TPSA) is 64.6 Å². The second-order valence-electron chi connectivity index (χ2n) is 7.39. The molecule has 5 heteroatoms. The number of carbonyl (C=O) groups is 2. The van der Waals surface area contributed by atoms with E-state index >= 15 is 0 Å². The molecule has 2 aromatic rings. The predicted octanol–water partition coefficient (Wildman–Crippen LogP) is 4.38. The van der Waals surface area contributed by atoms with Crippen molar-refractivity contribution in [2.75, 3.05) is 7.11 Å². The van der Waals surface area contributed by atoms with Crippen LogP contribution in [0, 0.1) is 0 Å². The SMILES string of the molecule is COC(=O)/C(=C\c1ccccc1)[C@H](Cc1ccccc1)NC(=O)OC(C)(C)C. The van der Waals surface area contributed by atoms with Crippen LogP contribution in [0.4, 0.5) is 4.79 Å². The number of methoxy groups -OCH3 is 1. The van der Waals surface area contributed by atoms with Gasteiger partial charge in [-0.25, -0.2) is 9.59 Å². The number of rotatable bonds is 6. The van der Waals surface area contributed by atoms with Crippen molar-refractivity contribution in [3.8, 4) is 0 Å². The fraction of sp³-hybridized carbons (Fsp3) is 0.304. The fourth-order valence-electron chi connectivity index (χ4n) is 2.69. The molecule has 0 aliphatic rings. The second-order valence-corrected chi connectivity index (χ2v) is 7.39. The van der Waals surface area contributed by atoms with Gasteiger partial charge in [0, 0.05) is 0 Å². The highest BCUT2D eigenvalue weighted by molar-refractivity contribution is 5.95. The normalized spacial score (nSPS) is 12.8. The number of carbonyl (C=O) groups excluding carboxylic acids is 2. The smallest absolute Gasteiger partial charge is 0.408 e. The molecule has 0 aliphatic carbocycles. The number of esters is 1. The number of ether oxygens (including phenoxy) is 2. The van der Waals surface area contributed by atoms with Gasteiger partial charge in [-0.2, -0.15) is 0 Å². The maximum Gasteiger partial charge on any atom is 0.408 e. The molecule has 0 saturated carbocycles. The molecule has 2 aromatic carbocycles. The lowest BCUT2D eigenvalue weighted by atomic mass is 9.97. The molecule has 0 fully saturated rings. The predicted molar refractivity (Wildman–Crippen MR) is 110 cm³/mol. The second kappa shape index (κ2) is 9.74. The Morgan fingerprint density at radius 1 is 1.00 bits per heavy atom. The van der Waals surface area contributed by atoms with E-state index in [4.69, 9.17) is 9.47 Å². The number of hydrogen-bond acceptors (Lipinski definition) is 4. The lowest BCUT2D eigenvalue weighted by Gasteiger charge is -2.25. The number of benzene rings is 2. The zero-order valence-electron chi connectivity index (χ0n) is 16.8. The summed E-state index contributed by atoms with van der Waals surface area (Å²) in [6.07, 6.45) is 1.57. The van der Waals surface area contributed by atoms with Gasteiger partial charge in [0.2, 0.25) is 0 Å². The molecular formula is C23H27NO4. The van der Waals surface area contributed by atoms with Crippen LogP contribution in [-0.2, 0) is 20.7 Å². The fourth-order valence-corrected chi connectivity index (χ4v) is 2.69. The molecule has 0 aromatic heterocycles. The van der Waals surface area contributed by atoms with Crippen LogP contribution in [0.15, 0.2) is 66.2 Å². The maximum absolute atomic E-state index is 12.5. The van der Waals surface area contributed by atoms with Crippen molar-refractivity contribution in [1.29, 1.82) is 0 Å². The van der Waals surface area contributed by atoms with Crippen molar-refractivity contribution < 1.29 is 19.1 Å². The first-order valence-electron chi connectivity index (χ1n) is 9.17. The summed E-state index contributed by atoms with van der Waals surface area (Å²) in [7, 11) is 1.33. The largest absolute Gasteiger partial charge is 0.466 e. The van der Waals surface area contributed by atoms with Gasteiger partial charge in [0.25, 0.3) is 0 Å². The summed E-state index contributed by atoms with van der Waals surface area (Å²) in [5.41, 5.74) is 1.53. The highest BCUT2D eigenvalue weighted by Gasteiger charge is 2.26. The summed E-state index contributed by atoms with van der Waals surface area (Å²) in [4.78, 5) is 24.9. The Balaban J connectivity index is 2.38. The van der Waals surface area contributed by atoms with Crippen LogP contribution < -0.4 is 5.32 Å². The van der Waals surface area contributed by atoms with Gasteiger partial charge in [0.1, 0.15) is 5.60 Å². The van der Waals surface area contributed by atoms with Crippen molar-refractivity contribution in [2.24, 2.45) is 0 Å². The first-order chi connectivity index (χ1) is 13.3. The third kappa shape index (κ3) is 6.91. The minimum atomic E-state index is -0.643. The molecule has 1 atom stereocenters. The Bertz CT molecular complexity index is 808. The van der Waals surface area contributed by atoms with Crippen LogP contribution in [0.1, 0.15) is 31.9 Å². The van der Waals surface area contributed by atoms with Crippen molar-refractivity contribution >= 4 is 18.1 Å². The number of amides is 1. The molecule has 1 amide bonds. The van der Waals surface area contributed by atoms with E-state index in [0.29, 0.717) is 12.0 Å². The van der Waals surface area contributed by atoms with Gasteiger partial charge in [-0.15, -0.1) is 0 Å². The number of hydrogen-bond donors (Lipinski definition) is 1. The van der Waals surface area contributed by atoms with Crippen LogP contribution in [0.25, 0.3) is 6.08 Å². The molecule has 5 nitrogen and oxygen atoms in total. The Kier molecular flexibility index (Phi) is 7.38. The summed E-state index contributed by atoms with van der Waals surface area (Å²) in [6, 6.07) is 18.5. The molecule has 0 spiro atoms. The van der Waals surface area contributed by atoms with Gasteiger partial charge < -0.3 is 14.8 Å². The van der Waals surface area contributed by atoms with Crippen LogP contribution in [0.2, 0.25) is 0 Å². The highest BCUT2D eigenvalue weighted by Crippen LogP contribution is 2.17. The highest BCUT2D eigenvalue weighted by atomic mass is 16.6. The van der Waals surface area contributed by atoms with Crippen LogP contribution >= 0.6 is 0 Å². The third-order valence-corrected chi connectivity index (χ3v) is 3.89. The summed E-state index contributed by atoms with van der Waals surface area (Å²) in [6.45, 7) is 5.37. The molecule has 0 bridgehead atoms. The van der Waals surface area contributed by atoms with Crippen molar-refractivity contribution in [3.05, 3.63) is 77.4 Å². The first kappa shape index (κ1) is 21.2. The summed E-state index contributed by atoms with van der Waals surface area (Å²) >= 11 is 0. The number of alkyl carbamates (subject to hydrolysis) is 1. The zero-order valence-corrected chi connectivity index (χ0v) is 16.8. The van der Waals surface area contributed by atoms with Crippen molar-refractivity contribution in [3.63, 3.8) is 0 Å². The quantitative estimate of drug-likeness (QED) is 0.596. The van der Waals surface area contributed by atoms with Gasteiger partial charge >= 0.3 is 12.1 Å². The maximum atomic E-state index is 12.5. The molecule has 0 saturated heterocycles. The molecular weight excluding hydrogens is 354 g/mol. The van der Waals surface area contributed by atoms with E-state index in [-0.39, 0.29) is 0 Å². The Hall–Kier alpha value is -3.08. The lowest BCUT2D eigenvalue weighted by molar-refractivity contribution is -0.136. The Morgan fingerprint density at radius 2 is 1.57 bits per heavy atom. The van der Waals surface area contributed by atoms with Crippen LogP contribution in [0.5, 0.6) is 0 Å². The molecule has 0 radical (unpaired) electrons. The average molecular weight is 381 g/mol. The van der Waals surface area contributed by atoms with Gasteiger partial charge in [-0.3, -0.25) is 0 Å². The summed E-state index contributed by atoms with van der Waals surface area (Å²) in [5, 5.41) is 2.83. The van der Waals surface area contributed by atoms with Gasteiger partial charge in [0.05, 0.1) is 18.7 Å². The molecule has 148 valence electrons. The average Bonchev–Trinajstić information content (AvgIpc) is 2.65. The van der Waals surface area contributed by atoms with E-state index in [2.05, 4.69) is 5.32 Å². The minimum Gasteiger partial charge on any atom is -0.466 e. The lowest BCUT2D eigenvalue weighted by Crippen LogP contribution is -2.43. The van der Waals surface area contributed by atoms with Crippen LogP contribution in [0.3, 0.4) is 0 Å². The van der Waals surface area contributed by atoms with Gasteiger partial charge in [-0.05, 0) is 44.4 Å². The third-order valence-electron chi connectivity index (χ3n) is 3.89. The summed E-state index contributed by atoms with van der Waals surface area (Å²) in [5.74, 6) is -0.499. The van der Waals surface area contributed by atoms with Crippen molar-refractivity contribution in [2.45, 2.75) is 38.8 Å². The zero-order chi connectivity index (χ0) is 20.6. The van der Waals surface area contributed by atoms with Gasteiger partial charge in [0.15, 0.2) is 0 Å². The minimum absolute atomic E-state index is 0.350. The van der Waals surface area contributed by atoms with Gasteiger partial charge in [-0.1, -0.05) is 60.7 Å². The van der Waals surface area contributed by atoms with E-state index in [1.165, 1.54) is 7.11 Å². The Morgan fingerprint density at radius 3 is 2.11 bits per heavy atom. The van der Waals surface area contributed by atoms with Crippen LogP contribution in [-0.4, -0.2) is 30.8 Å². The van der Waals surface area contributed by atoms with Crippen molar-refractivity contribution in [1.82, 2.24) is 5.32 Å². The number of nitrogens with one attached hydrogen (secondary N) is 1. The molecule has 0 aliphatic heterocycles. The van der Waals surface area contributed by atoms with E-state index in [0.717, 1.165) is 11.1 Å². The summed E-state index contributed by atoms with van der Waals surface area (Å²) < 4.78 is 10.4. The molecule has 1 N–H and O–H groups in total. The van der Waals surface area contributed by atoms with E-state index in [1.807, 2.05) is 60.7 Å². The standard InChI is InChI=1S/C23H27NO4/c1-23(2,3)28-22(26)24-20(16-18-13-9-6-10-14-18)19(21(25)27-4)15-17-11-7-5-8-12-17/h5-15,20H,16H2,1-4H3,(H,24,26)/b19-15-/t20-/m0/s1. The molecule has 0 unspecified atom stereocenters. The molecule has 2 rings (SSSR count). The Labute approximate surface area is 166 Å². The molecule has 0 heterocycles. The molecule has 28 heavy (non-hydrogen) atoms. The van der Waals surface area contributed by atoms with E-state index in [9.17, 15) is 9.59 Å². The first-order valence-corrected chi connectivity index (χ1v) is 9.17. The van der Waals surface area contributed by atoms with E-state index in [1.54, 1.807) is 26.8 Å². The van der Waals surface area contributed by atoms with E-state index < -0.39 is 23.7 Å². The monoisotopic (exact) mass is 381 g/mol.